The third kappa shape index (κ3) is 11.7. The van der Waals surface area contributed by atoms with Crippen LogP contribution < -0.4 is 19.6 Å². The van der Waals surface area contributed by atoms with Crippen LogP contribution in [0.4, 0.5) is 22.7 Å². The monoisotopic (exact) mass is 877 g/mol. The Morgan fingerprint density at radius 1 is 0.411 bits per heavy atom. The molecular weight excluding hydrogens is 817 g/mol. The van der Waals surface area contributed by atoms with Gasteiger partial charge in [-0.2, -0.15) is 38.0 Å². The SMILES string of the molecule is Cc1cc(C)c(N2[CH-]N(c3c(C)cc(C)cc3C)CC2)c(C)c1.Cc1cc(C)c(N2[CH-]N(c3c(C)cc(C)cc3C)CC2)c(C)c1.[CH2-]c1ccccc1.[Cl][Ru][Cl]. The van der Waals surface area contributed by atoms with E-state index in [2.05, 4.69) is 171 Å². The Morgan fingerprint density at radius 3 is 0.768 bits per heavy atom. The van der Waals surface area contributed by atoms with Crippen LogP contribution >= 0.6 is 19.4 Å². The molecule has 0 spiro atoms. The minimum atomic E-state index is -0.346. The number of halogens is 2. The summed E-state index contributed by atoms with van der Waals surface area (Å²) in [5.41, 5.74) is 22.7. The standard InChI is InChI=1S/2C21H27N2.C7H7.2ClH.Ru/c2*1-14-9-16(3)20(17(4)10-14)22-7-8-23(13-22)21-18(5)11-15(2)12-19(21)6;1-7-5-3-2-4-6-7;;;/h2*9-13H,7-8H2,1-6H3;2-6H,1H2;2*1H;/q3*-1;;;+2/p-2. The molecule has 0 N–H and O–H groups in total. The first-order chi connectivity index (χ1) is 26.5. The molecule has 0 amide bonds. The Hall–Kier alpha value is -3.63. The number of hydrogen-bond acceptors (Lipinski definition) is 4. The molecule has 2 aliphatic heterocycles. The predicted octanol–water partition coefficient (Wildman–Crippen LogP) is 13.2. The second-order valence-electron chi connectivity index (χ2n) is 15.5. The fraction of sp³-hybridized carbons (Fsp3) is 0.327. The fourth-order valence-corrected chi connectivity index (χ4v) is 8.66. The zero-order valence-corrected chi connectivity index (χ0v) is 38.8. The Bertz CT molecular complexity index is 1730. The maximum atomic E-state index is 4.85. The molecule has 7 rings (SSSR count). The molecule has 5 aromatic rings. The fourth-order valence-electron chi connectivity index (χ4n) is 8.66. The summed E-state index contributed by atoms with van der Waals surface area (Å²) in [4.78, 5) is 9.62. The third-order valence-corrected chi connectivity index (χ3v) is 10.3. The van der Waals surface area contributed by atoms with Crippen LogP contribution in [0.15, 0.2) is 78.9 Å². The van der Waals surface area contributed by atoms with Gasteiger partial charge in [0, 0.05) is 48.9 Å². The van der Waals surface area contributed by atoms with Gasteiger partial charge in [-0.1, -0.05) is 76.9 Å². The number of aryl methyl sites for hydroxylation is 12. The summed E-state index contributed by atoms with van der Waals surface area (Å²) in [6.45, 7) is 38.9. The third-order valence-electron chi connectivity index (χ3n) is 10.3. The van der Waals surface area contributed by atoms with Gasteiger partial charge in [-0.3, -0.25) is 0 Å². The molecule has 0 atom stereocenters. The van der Waals surface area contributed by atoms with Crippen molar-refractivity contribution in [3.05, 3.63) is 171 Å². The van der Waals surface area contributed by atoms with Crippen LogP contribution in [0.5, 0.6) is 0 Å². The number of anilines is 4. The molecular formula is C49H61Cl2N4Ru-3. The molecule has 5 aromatic carbocycles. The van der Waals surface area contributed by atoms with Crippen molar-refractivity contribution < 1.29 is 15.1 Å². The molecule has 0 aromatic heterocycles. The van der Waals surface area contributed by atoms with Gasteiger partial charge in [-0.25, -0.2) is 0 Å². The maximum absolute atomic E-state index is 4.85. The quantitative estimate of drug-likeness (QED) is 0.132. The first-order valence-electron chi connectivity index (χ1n) is 19.3. The Kier molecular flexibility index (Phi) is 16.7. The van der Waals surface area contributed by atoms with E-state index in [0.29, 0.717) is 0 Å². The molecule has 7 heteroatoms. The van der Waals surface area contributed by atoms with Gasteiger partial charge < -0.3 is 19.6 Å². The summed E-state index contributed by atoms with van der Waals surface area (Å²) < 4.78 is 0. The molecule has 2 heterocycles. The second-order valence-corrected chi connectivity index (χ2v) is 18.2. The van der Waals surface area contributed by atoms with Crippen LogP contribution in [0.3, 0.4) is 0 Å². The topological polar surface area (TPSA) is 13.0 Å². The Morgan fingerprint density at radius 2 is 0.607 bits per heavy atom. The molecule has 0 saturated carbocycles. The summed E-state index contributed by atoms with van der Waals surface area (Å²) in [6.07, 6.45) is 0. The van der Waals surface area contributed by atoms with E-state index in [1.54, 1.807) is 0 Å². The molecule has 4 nitrogen and oxygen atoms in total. The number of hydrogen-bond donors (Lipinski definition) is 0. The van der Waals surface area contributed by atoms with E-state index in [4.69, 9.17) is 19.4 Å². The van der Waals surface area contributed by atoms with Crippen molar-refractivity contribution in [3.63, 3.8) is 0 Å². The summed E-state index contributed by atoms with van der Waals surface area (Å²) in [7, 11) is 9.71. The Labute approximate surface area is 355 Å². The first-order valence-corrected chi connectivity index (χ1v) is 23.8. The summed E-state index contributed by atoms with van der Waals surface area (Å²) in [5.74, 6) is 0. The number of benzene rings is 5. The van der Waals surface area contributed by atoms with Crippen molar-refractivity contribution in [1.82, 2.24) is 0 Å². The molecule has 2 saturated heterocycles. The zero-order chi connectivity index (χ0) is 41.3. The molecule has 56 heavy (non-hydrogen) atoms. The normalized spacial score (nSPS) is 13.5. The zero-order valence-electron chi connectivity index (χ0n) is 35.6. The molecule has 2 aliphatic rings. The van der Waals surface area contributed by atoms with Crippen LogP contribution in [-0.2, 0) is 15.1 Å². The van der Waals surface area contributed by atoms with Gasteiger partial charge in [0.1, 0.15) is 0 Å². The van der Waals surface area contributed by atoms with Gasteiger partial charge in [-0.15, -0.1) is 12.1 Å². The molecule has 2 fully saturated rings. The van der Waals surface area contributed by atoms with E-state index in [1.807, 2.05) is 30.3 Å². The van der Waals surface area contributed by atoms with Crippen LogP contribution in [-0.4, -0.2) is 26.2 Å². The van der Waals surface area contributed by atoms with Crippen LogP contribution in [0.25, 0.3) is 0 Å². The summed E-state index contributed by atoms with van der Waals surface area (Å²) in [5, 5.41) is 0. The molecule has 0 radical (unpaired) electrons. The van der Waals surface area contributed by atoms with Gasteiger partial charge in [0.25, 0.3) is 0 Å². The van der Waals surface area contributed by atoms with Crippen molar-refractivity contribution in [3.8, 4) is 0 Å². The molecule has 302 valence electrons. The van der Waals surface area contributed by atoms with Crippen LogP contribution in [0, 0.1) is 103 Å². The van der Waals surface area contributed by atoms with Gasteiger partial charge in [-0.05, 0) is 128 Å². The molecule has 0 aliphatic carbocycles. The molecule has 0 unspecified atom stereocenters. The van der Waals surface area contributed by atoms with E-state index in [9.17, 15) is 0 Å². The Balaban J connectivity index is 0.000000200. The van der Waals surface area contributed by atoms with Crippen molar-refractivity contribution in [1.29, 1.82) is 0 Å². The van der Waals surface area contributed by atoms with Crippen molar-refractivity contribution in [2.45, 2.75) is 83.1 Å². The van der Waals surface area contributed by atoms with Gasteiger partial charge in [0.2, 0.25) is 0 Å². The van der Waals surface area contributed by atoms with E-state index < -0.39 is 0 Å². The predicted molar refractivity (Wildman–Crippen MR) is 243 cm³/mol. The molecule has 0 bridgehead atoms. The summed E-state index contributed by atoms with van der Waals surface area (Å²) >= 11 is -0.346. The number of rotatable bonds is 4. The van der Waals surface area contributed by atoms with E-state index in [-0.39, 0.29) is 15.1 Å². The first kappa shape index (κ1) is 45.1. The van der Waals surface area contributed by atoms with E-state index in [1.165, 1.54) is 89.5 Å². The van der Waals surface area contributed by atoms with Crippen molar-refractivity contribution in [2.75, 3.05) is 45.8 Å². The van der Waals surface area contributed by atoms with Crippen LogP contribution in [0.2, 0.25) is 0 Å². The second kappa shape index (κ2) is 20.7. The van der Waals surface area contributed by atoms with Crippen molar-refractivity contribution >= 4 is 42.1 Å². The van der Waals surface area contributed by atoms with E-state index >= 15 is 0 Å². The average molecular weight is 878 g/mol. The van der Waals surface area contributed by atoms with Gasteiger partial charge in [0.05, 0.1) is 0 Å². The summed E-state index contributed by atoms with van der Waals surface area (Å²) in [6, 6.07) is 28.1. The average Bonchev–Trinajstić information content (AvgIpc) is 3.75. The van der Waals surface area contributed by atoms with Crippen molar-refractivity contribution in [2.24, 2.45) is 0 Å². The number of nitrogens with zero attached hydrogens (tertiary/aromatic N) is 4. The van der Waals surface area contributed by atoms with Crippen LogP contribution in [0.1, 0.15) is 72.3 Å². The van der Waals surface area contributed by atoms with Gasteiger partial charge >= 0.3 is 34.5 Å². The minimum absolute atomic E-state index is 0.346. The van der Waals surface area contributed by atoms with E-state index in [0.717, 1.165) is 31.7 Å². The van der Waals surface area contributed by atoms with Gasteiger partial charge in [0.15, 0.2) is 0 Å².